The number of amidine groups is 1. The van der Waals surface area contributed by atoms with E-state index in [1.54, 1.807) is 0 Å². The van der Waals surface area contributed by atoms with E-state index in [2.05, 4.69) is 9.98 Å². The van der Waals surface area contributed by atoms with Crippen LogP contribution in [0.5, 0.6) is 0 Å². The first-order chi connectivity index (χ1) is 11.0. The van der Waals surface area contributed by atoms with E-state index in [9.17, 15) is 14.7 Å². The second-order valence-electron chi connectivity index (χ2n) is 7.02. The maximum atomic E-state index is 12.2. The number of hydrogen-bond donors (Lipinski definition) is 2. The Morgan fingerprint density at radius 2 is 1.83 bits per heavy atom. The number of allylic oxidation sites excluding steroid dienone is 3. The van der Waals surface area contributed by atoms with Gasteiger partial charge in [-0.25, -0.2) is 14.8 Å². The summed E-state index contributed by atoms with van der Waals surface area (Å²) in [5.74, 6) is -1.49. The first-order valence-electron chi connectivity index (χ1n) is 8.06. The molecule has 0 aromatic rings. The quantitative estimate of drug-likeness (QED) is 0.786. The Bertz CT molecular complexity index is 723. The van der Waals surface area contributed by atoms with Gasteiger partial charge in [0.05, 0.1) is 11.4 Å². The number of hydrogen-bond acceptors (Lipinski definition) is 4. The second kappa shape index (κ2) is 4.88. The number of fused-ring (bicyclic) bond motifs is 1. The molecule has 3 aliphatic carbocycles. The molecule has 0 radical (unpaired) electrons. The van der Waals surface area contributed by atoms with Gasteiger partial charge in [-0.3, -0.25) is 4.79 Å². The van der Waals surface area contributed by atoms with Crippen molar-refractivity contribution < 1.29 is 19.8 Å². The molecule has 6 nitrogen and oxygen atoms in total. The van der Waals surface area contributed by atoms with Crippen LogP contribution in [0.2, 0.25) is 0 Å². The van der Waals surface area contributed by atoms with Crippen LogP contribution in [0.3, 0.4) is 0 Å². The lowest BCUT2D eigenvalue weighted by atomic mass is 9.72. The predicted octanol–water partition coefficient (Wildman–Crippen LogP) is 2.42. The van der Waals surface area contributed by atoms with Crippen LogP contribution in [0, 0.1) is 17.3 Å². The molecule has 0 saturated heterocycles. The van der Waals surface area contributed by atoms with E-state index < -0.39 is 17.4 Å². The first kappa shape index (κ1) is 14.4. The molecule has 23 heavy (non-hydrogen) atoms. The van der Waals surface area contributed by atoms with E-state index in [-0.39, 0.29) is 5.84 Å². The van der Waals surface area contributed by atoms with E-state index >= 15 is 0 Å². The first-order valence-corrected chi connectivity index (χ1v) is 8.06. The largest absolute Gasteiger partial charge is 0.480 e. The third kappa shape index (κ3) is 2.52. The van der Waals surface area contributed by atoms with Crippen LogP contribution >= 0.6 is 0 Å². The molecule has 1 heterocycles. The lowest BCUT2D eigenvalue weighted by Crippen LogP contribution is -2.40. The topological polar surface area (TPSA) is 99.3 Å². The summed E-state index contributed by atoms with van der Waals surface area (Å²) in [5.41, 5.74) is 0.452. The van der Waals surface area contributed by atoms with Gasteiger partial charge in [0.1, 0.15) is 5.41 Å². The van der Waals surface area contributed by atoms with Crippen molar-refractivity contribution in [1.82, 2.24) is 0 Å². The average molecular weight is 314 g/mol. The van der Waals surface area contributed by atoms with Crippen molar-refractivity contribution in [2.75, 3.05) is 0 Å². The van der Waals surface area contributed by atoms with Crippen molar-refractivity contribution in [3.05, 3.63) is 23.4 Å². The summed E-state index contributed by atoms with van der Waals surface area (Å²) in [5, 5.41) is 19.1. The van der Waals surface area contributed by atoms with Crippen LogP contribution < -0.4 is 0 Å². The van der Waals surface area contributed by atoms with E-state index in [0.717, 1.165) is 24.8 Å². The Morgan fingerprint density at radius 1 is 1.13 bits per heavy atom. The summed E-state index contributed by atoms with van der Waals surface area (Å²) >= 11 is 0. The third-order valence-electron chi connectivity index (χ3n) is 4.96. The van der Waals surface area contributed by atoms with E-state index in [0.29, 0.717) is 29.7 Å². The summed E-state index contributed by atoms with van der Waals surface area (Å²) in [6.45, 7) is 0. The third-order valence-corrected chi connectivity index (χ3v) is 4.96. The highest BCUT2D eigenvalue weighted by Crippen LogP contribution is 2.48. The monoisotopic (exact) mass is 314 g/mol. The summed E-state index contributed by atoms with van der Waals surface area (Å²) < 4.78 is 0. The molecule has 1 atom stereocenters. The van der Waals surface area contributed by atoms with E-state index in [4.69, 9.17) is 5.11 Å². The van der Waals surface area contributed by atoms with Gasteiger partial charge >= 0.3 is 11.9 Å². The maximum Gasteiger partial charge on any atom is 0.373 e. The number of rotatable bonds is 6. The molecule has 4 aliphatic rings. The molecular formula is C17H18N2O4. The Morgan fingerprint density at radius 3 is 2.39 bits per heavy atom. The van der Waals surface area contributed by atoms with Gasteiger partial charge in [0.15, 0.2) is 0 Å². The molecule has 4 rings (SSSR count). The zero-order valence-corrected chi connectivity index (χ0v) is 12.7. The van der Waals surface area contributed by atoms with Crippen LogP contribution in [-0.4, -0.2) is 33.7 Å². The van der Waals surface area contributed by atoms with Gasteiger partial charge in [-0.2, -0.15) is 0 Å². The minimum Gasteiger partial charge on any atom is -0.480 e. The lowest BCUT2D eigenvalue weighted by molar-refractivity contribution is -0.143. The Hall–Kier alpha value is -2.24. The highest BCUT2D eigenvalue weighted by atomic mass is 16.4. The van der Waals surface area contributed by atoms with Crippen molar-refractivity contribution in [2.24, 2.45) is 27.2 Å². The molecule has 0 spiro atoms. The molecule has 1 unspecified atom stereocenters. The van der Waals surface area contributed by atoms with Crippen molar-refractivity contribution in [1.29, 1.82) is 0 Å². The zero-order chi connectivity index (χ0) is 16.2. The smallest absolute Gasteiger partial charge is 0.373 e. The van der Waals surface area contributed by atoms with E-state index in [1.807, 2.05) is 12.2 Å². The van der Waals surface area contributed by atoms with Crippen LogP contribution in [0.1, 0.15) is 38.5 Å². The van der Waals surface area contributed by atoms with Gasteiger partial charge in [0.25, 0.3) is 0 Å². The molecule has 0 aromatic carbocycles. The number of nitrogens with zero attached hydrogens (tertiary/aromatic N) is 2. The standard InChI is InChI=1S/C17H18N2O4/c20-15(21)14-18-12-6-11(5-9-1-2-9)8-17(16(22)23,13(12)19-14)7-10-3-4-10/h6,8-10H,1-5,7H2,(H,20,21)(H,22,23). The Labute approximate surface area is 133 Å². The maximum absolute atomic E-state index is 12.2. The van der Waals surface area contributed by atoms with Gasteiger partial charge in [-0.15, -0.1) is 0 Å². The number of carboxylic acid groups (broad SMARTS) is 2. The molecule has 2 N–H and O–H groups in total. The number of carboxylic acids is 2. The van der Waals surface area contributed by atoms with Crippen molar-refractivity contribution >= 4 is 23.5 Å². The minimum absolute atomic E-state index is 0.300. The Balaban J connectivity index is 1.78. The summed E-state index contributed by atoms with van der Waals surface area (Å²) in [4.78, 5) is 31.5. The highest BCUT2D eigenvalue weighted by Gasteiger charge is 2.50. The summed E-state index contributed by atoms with van der Waals surface area (Å²) in [6.07, 6.45) is 9.36. The molecule has 120 valence electrons. The van der Waals surface area contributed by atoms with Gasteiger partial charge in [0.2, 0.25) is 5.84 Å². The molecular weight excluding hydrogens is 296 g/mol. The van der Waals surface area contributed by atoms with Gasteiger partial charge in [-0.1, -0.05) is 18.9 Å². The van der Waals surface area contributed by atoms with Gasteiger partial charge in [0, 0.05) is 0 Å². The van der Waals surface area contributed by atoms with Crippen LogP contribution in [0.25, 0.3) is 0 Å². The Kier molecular flexibility index (Phi) is 3.04. The van der Waals surface area contributed by atoms with Crippen molar-refractivity contribution in [2.45, 2.75) is 38.5 Å². The van der Waals surface area contributed by atoms with Crippen LogP contribution in [-0.2, 0) is 9.59 Å². The molecule has 0 amide bonds. The molecule has 6 heteroatoms. The number of aliphatic imine (C=N–C) groups is 2. The SMILES string of the molecule is O=C(O)C1=NC2=CC(CC3CC3)=CC(CC3CC3)(C(=O)O)C2=N1. The predicted molar refractivity (Wildman–Crippen MR) is 83.4 cm³/mol. The van der Waals surface area contributed by atoms with Gasteiger partial charge < -0.3 is 10.2 Å². The minimum atomic E-state index is -1.23. The molecule has 1 aliphatic heterocycles. The summed E-state index contributed by atoms with van der Waals surface area (Å²) in [6, 6.07) is 0. The fourth-order valence-corrected chi connectivity index (χ4v) is 3.44. The molecule has 0 aromatic heterocycles. The van der Waals surface area contributed by atoms with Gasteiger partial charge in [-0.05, 0) is 49.2 Å². The molecule has 2 fully saturated rings. The molecule has 2 saturated carbocycles. The molecule has 0 bridgehead atoms. The van der Waals surface area contributed by atoms with Crippen molar-refractivity contribution in [3.8, 4) is 0 Å². The van der Waals surface area contributed by atoms with E-state index in [1.165, 1.54) is 12.8 Å². The van der Waals surface area contributed by atoms with Crippen molar-refractivity contribution in [3.63, 3.8) is 0 Å². The lowest BCUT2D eigenvalue weighted by Gasteiger charge is -2.30. The van der Waals surface area contributed by atoms with Crippen LogP contribution in [0.4, 0.5) is 0 Å². The highest BCUT2D eigenvalue weighted by molar-refractivity contribution is 6.41. The fraction of sp³-hybridized carbons (Fsp3) is 0.529. The normalized spacial score (nSPS) is 29.2. The number of carbonyl (C=O) groups is 2. The number of aliphatic carboxylic acids is 2. The fourth-order valence-electron chi connectivity index (χ4n) is 3.44. The summed E-state index contributed by atoms with van der Waals surface area (Å²) in [7, 11) is 0. The average Bonchev–Trinajstić information content (AvgIpc) is 3.39. The van der Waals surface area contributed by atoms with Crippen LogP contribution in [0.15, 0.2) is 33.4 Å². The zero-order valence-electron chi connectivity index (χ0n) is 12.7. The second-order valence-corrected chi connectivity index (χ2v) is 7.02.